The van der Waals surface area contributed by atoms with Crippen molar-refractivity contribution in [3.8, 4) is 0 Å². The molecule has 13 heavy (non-hydrogen) atoms. The van der Waals surface area contributed by atoms with Crippen molar-refractivity contribution in [3.63, 3.8) is 0 Å². The molecule has 1 aromatic heterocycles. The molecule has 4 heteroatoms. The van der Waals surface area contributed by atoms with Crippen LogP contribution in [0.25, 0.3) is 0 Å². The molecule has 1 atom stereocenters. The fourth-order valence-electron chi connectivity index (χ4n) is 1.34. The average molecular weight is 215 g/mol. The Balaban J connectivity index is 1.78. The van der Waals surface area contributed by atoms with Gasteiger partial charge in [0.2, 0.25) is 0 Å². The number of hydrogen-bond donors (Lipinski definition) is 0. The highest BCUT2D eigenvalue weighted by Gasteiger charge is 2.15. The van der Waals surface area contributed by atoms with E-state index in [1.54, 1.807) is 11.3 Å². The maximum Gasteiger partial charge on any atom is 0.150 e. The molecule has 2 rings (SSSR count). The number of thioether (sulfide) groups is 1. The zero-order valence-corrected chi connectivity index (χ0v) is 9.29. The molecule has 1 saturated heterocycles. The molecule has 0 aliphatic carbocycles. The summed E-state index contributed by atoms with van der Waals surface area (Å²) >= 11 is 3.55. The molecular formula is C9H13NOS2. The number of rotatable bonds is 3. The normalized spacial score (nSPS) is 22.4. The molecule has 1 aliphatic rings. The minimum atomic E-state index is 0.467. The largest absolute Gasteiger partial charge is 0.377 e. The van der Waals surface area contributed by atoms with E-state index in [4.69, 9.17) is 4.74 Å². The van der Waals surface area contributed by atoms with Crippen LogP contribution in [0.2, 0.25) is 0 Å². The first-order chi connectivity index (χ1) is 6.34. The lowest BCUT2D eigenvalue weighted by Gasteiger charge is -2.05. The smallest absolute Gasteiger partial charge is 0.150 e. The molecule has 0 spiro atoms. The third-order valence-electron chi connectivity index (χ3n) is 2.01. The van der Waals surface area contributed by atoms with Crippen LogP contribution < -0.4 is 0 Å². The lowest BCUT2D eigenvalue weighted by atomic mass is 10.3. The molecule has 1 fully saturated rings. The van der Waals surface area contributed by atoms with Crippen molar-refractivity contribution < 1.29 is 4.74 Å². The van der Waals surface area contributed by atoms with Crippen LogP contribution >= 0.6 is 23.1 Å². The number of ether oxygens (including phenoxy) is 1. The van der Waals surface area contributed by atoms with E-state index in [0.717, 1.165) is 18.1 Å². The Morgan fingerprint density at radius 3 is 3.31 bits per heavy atom. The lowest BCUT2D eigenvalue weighted by Crippen LogP contribution is -2.07. The number of thiazole rings is 1. The quantitative estimate of drug-likeness (QED) is 0.724. The van der Waals surface area contributed by atoms with Crippen molar-refractivity contribution in [1.29, 1.82) is 0 Å². The number of hydrogen-bond acceptors (Lipinski definition) is 4. The summed E-state index contributed by atoms with van der Waals surface area (Å²) in [6.45, 7) is 2.98. The van der Waals surface area contributed by atoms with Gasteiger partial charge in [0, 0.05) is 23.4 Å². The molecule has 1 aliphatic heterocycles. The molecule has 1 aromatic rings. The predicted molar refractivity (Wildman–Crippen MR) is 56.5 cm³/mol. The second kappa shape index (κ2) is 4.44. The van der Waals surface area contributed by atoms with E-state index >= 15 is 0 Å². The van der Waals surface area contributed by atoms with Gasteiger partial charge in [0.15, 0.2) is 0 Å². The molecule has 0 amide bonds. The first kappa shape index (κ1) is 9.49. The van der Waals surface area contributed by atoms with E-state index in [1.165, 1.54) is 17.2 Å². The standard InChI is InChI=1S/C9H13NOS2/c1-7-5-12-9(10-7)13-6-8-3-2-4-11-8/h5,8H,2-4,6H2,1H3/t8-/m1/s1. The summed E-state index contributed by atoms with van der Waals surface area (Å²) < 4.78 is 6.71. The highest BCUT2D eigenvalue weighted by molar-refractivity contribution is 8.01. The van der Waals surface area contributed by atoms with Gasteiger partial charge in [-0.2, -0.15) is 0 Å². The first-order valence-electron chi connectivity index (χ1n) is 4.51. The third-order valence-corrected chi connectivity index (χ3v) is 4.29. The van der Waals surface area contributed by atoms with Crippen LogP contribution in [0, 0.1) is 6.92 Å². The van der Waals surface area contributed by atoms with Crippen LogP contribution in [0.1, 0.15) is 18.5 Å². The maximum atomic E-state index is 5.54. The van der Waals surface area contributed by atoms with Gasteiger partial charge in [-0.15, -0.1) is 11.3 Å². The number of aryl methyl sites for hydroxylation is 1. The Bertz CT molecular complexity index is 268. The molecule has 0 radical (unpaired) electrons. The molecule has 2 heterocycles. The fourth-order valence-corrected chi connectivity index (χ4v) is 3.28. The van der Waals surface area contributed by atoms with Gasteiger partial charge in [-0.25, -0.2) is 4.98 Å². The van der Waals surface area contributed by atoms with Crippen molar-refractivity contribution in [2.75, 3.05) is 12.4 Å². The Kier molecular flexibility index (Phi) is 3.24. The van der Waals surface area contributed by atoms with E-state index in [2.05, 4.69) is 10.4 Å². The molecule has 0 aromatic carbocycles. The van der Waals surface area contributed by atoms with Gasteiger partial charge < -0.3 is 4.74 Å². The zero-order chi connectivity index (χ0) is 9.10. The first-order valence-corrected chi connectivity index (χ1v) is 6.37. The topological polar surface area (TPSA) is 22.1 Å². The van der Waals surface area contributed by atoms with Crippen molar-refractivity contribution in [1.82, 2.24) is 4.98 Å². The van der Waals surface area contributed by atoms with Gasteiger partial charge in [0.05, 0.1) is 6.10 Å². The predicted octanol–water partition coefficient (Wildman–Crippen LogP) is 2.72. The number of nitrogens with zero attached hydrogens (tertiary/aromatic N) is 1. The van der Waals surface area contributed by atoms with E-state index in [1.807, 2.05) is 18.7 Å². The van der Waals surface area contributed by atoms with E-state index in [0.29, 0.717) is 6.10 Å². The van der Waals surface area contributed by atoms with E-state index < -0.39 is 0 Å². The summed E-state index contributed by atoms with van der Waals surface area (Å²) in [5, 5.41) is 2.10. The SMILES string of the molecule is Cc1csc(SC[C@H]2CCCO2)n1. The van der Waals surface area contributed by atoms with Crippen LogP contribution in [-0.2, 0) is 4.74 Å². The van der Waals surface area contributed by atoms with Crippen LogP contribution in [0.4, 0.5) is 0 Å². The Labute approximate surface area is 86.7 Å². The Morgan fingerprint density at radius 2 is 2.69 bits per heavy atom. The van der Waals surface area contributed by atoms with Crippen LogP contribution in [-0.4, -0.2) is 23.4 Å². The monoisotopic (exact) mass is 215 g/mol. The average Bonchev–Trinajstić information content (AvgIpc) is 2.71. The van der Waals surface area contributed by atoms with E-state index in [-0.39, 0.29) is 0 Å². The molecule has 0 bridgehead atoms. The molecule has 2 nitrogen and oxygen atoms in total. The van der Waals surface area contributed by atoms with Gasteiger partial charge in [0.1, 0.15) is 4.34 Å². The van der Waals surface area contributed by atoms with Crippen LogP contribution in [0.5, 0.6) is 0 Å². The van der Waals surface area contributed by atoms with Gasteiger partial charge in [0.25, 0.3) is 0 Å². The van der Waals surface area contributed by atoms with Crippen molar-refractivity contribution in [2.45, 2.75) is 30.2 Å². The Morgan fingerprint density at radius 1 is 1.77 bits per heavy atom. The molecular weight excluding hydrogens is 202 g/mol. The van der Waals surface area contributed by atoms with Crippen molar-refractivity contribution in [3.05, 3.63) is 11.1 Å². The van der Waals surface area contributed by atoms with Crippen molar-refractivity contribution >= 4 is 23.1 Å². The highest BCUT2D eigenvalue weighted by Crippen LogP contribution is 2.26. The lowest BCUT2D eigenvalue weighted by molar-refractivity contribution is 0.129. The van der Waals surface area contributed by atoms with Crippen LogP contribution in [0.15, 0.2) is 9.72 Å². The summed E-state index contributed by atoms with van der Waals surface area (Å²) in [6.07, 6.45) is 2.91. The highest BCUT2D eigenvalue weighted by atomic mass is 32.2. The van der Waals surface area contributed by atoms with Gasteiger partial charge >= 0.3 is 0 Å². The summed E-state index contributed by atoms with van der Waals surface area (Å²) in [7, 11) is 0. The molecule has 72 valence electrons. The van der Waals surface area contributed by atoms with Gasteiger partial charge in [-0.3, -0.25) is 0 Å². The van der Waals surface area contributed by atoms with E-state index in [9.17, 15) is 0 Å². The minimum Gasteiger partial charge on any atom is -0.377 e. The summed E-state index contributed by atoms with van der Waals surface area (Å²) in [5.41, 5.74) is 1.12. The second-order valence-corrected chi connectivity index (χ2v) is 5.33. The second-order valence-electron chi connectivity index (χ2n) is 3.20. The van der Waals surface area contributed by atoms with Gasteiger partial charge in [-0.1, -0.05) is 11.8 Å². The fraction of sp³-hybridized carbons (Fsp3) is 0.667. The molecule has 0 N–H and O–H groups in total. The number of aromatic nitrogens is 1. The van der Waals surface area contributed by atoms with Crippen molar-refractivity contribution in [2.24, 2.45) is 0 Å². The summed E-state index contributed by atoms with van der Waals surface area (Å²) in [6, 6.07) is 0. The molecule has 0 unspecified atom stereocenters. The Hall–Kier alpha value is -0.0600. The summed E-state index contributed by atoms with van der Waals surface area (Å²) in [4.78, 5) is 4.40. The minimum absolute atomic E-state index is 0.467. The third kappa shape index (κ3) is 2.69. The van der Waals surface area contributed by atoms with Gasteiger partial charge in [-0.05, 0) is 19.8 Å². The molecule has 0 saturated carbocycles. The van der Waals surface area contributed by atoms with Crippen LogP contribution in [0.3, 0.4) is 0 Å². The zero-order valence-electron chi connectivity index (χ0n) is 7.66. The summed E-state index contributed by atoms with van der Waals surface area (Å²) in [5.74, 6) is 1.06. The maximum absolute atomic E-state index is 5.54.